The molecule has 0 bridgehead atoms. The van der Waals surface area contributed by atoms with Crippen LogP contribution in [0.5, 0.6) is 0 Å². The highest BCUT2D eigenvalue weighted by atomic mass is 35.5. The number of nitriles is 1. The van der Waals surface area contributed by atoms with E-state index >= 15 is 0 Å². The number of amides is 1. The molecule has 1 aliphatic heterocycles. The van der Waals surface area contributed by atoms with Crippen molar-refractivity contribution in [1.82, 2.24) is 20.0 Å². The van der Waals surface area contributed by atoms with Gasteiger partial charge >= 0.3 is 0 Å². The van der Waals surface area contributed by atoms with Crippen molar-refractivity contribution in [3.63, 3.8) is 0 Å². The molecule has 1 saturated carbocycles. The second-order valence-corrected chi connectivity index (χ2v) is 10.3. The average Bonchev–Trinajstić information content (AvgIpc) is 3.46. The number of hydrogen-bond donors (Lipinski definition) is 1. The molecule has 34 heavy (non-hydrogen) atoms. The van der Waals surface area contributed by atoms with Gasteiger partial charge in [-0.2, -0.15) is 10.4 Å². The molecule has 1 aromatic heterocycles. The Balaban J connectivity index is 1.57. The molecular formula is C26H34ClN5O2. The molecule has 2 aromatic rings. The number of carbonyl (C=O) groups is 2. The molecule has 2 aliphatic rings. The zero-order valence-corrected chi connectivity index (χ0v) is 20.9. The fourth-order valence-electron chi connectivity index (χ4n) is 5.65. The molecule has 0 spiro atoms. The summed E-state index contributed by atoms with van der Waals surface area (Å²) in [5.74, 6) is 0.238. The number of halogens is 1. The average molecular weight is 484 g/mol. The summed E-state index contributed by atoms with van der Waals surface area (Å²) in [7, 11) is 1.79. The third-order valence-electron chi connectivity index (χ3n) is 7.74. The summed E-state index contributed by atoms with van der Waals surface area (Å²) in [6.45, 7) is 3.10. The van der Waals surface area contributed by atoms with E-state index in [4.69, 9.17) is 11.6 Å². The normalized spacial score (nSPS) is 20.9. The van der Waals surface area contributed by atoms with Crippen LogP contribution in [0.15, 0.2) is 18.2 Å². The van der Waals surface area contributed by atoms with Crippen LogP contribution in [0.1, 0.15) is 64.0 Å². The topological polar surface area (TPSA) is 91.0 Å². The zero-order valence-electron chi connectivity index (χ0n) is 20.1. The third-order valence-corrected chi connectivity index (χ3v) is 7.97. The van der Waals surface area contributed by atoms with Gasteiger partial charge in [-0.15, -0.1) is 0 Å². The van der Waals surface area contributed by atoms with Crippen LogP contribution in [-0.4, -0.2) is 52.0 Å². The minimum atomic E-state index is -0.257. The lowest BCUT2D eigenvalue weighted by molar-refractivity contribution is -0.141. The van der Waals surface area contributed by atoms with E-state index in [1.807, 2.05) is 22.6 Å². The molecule has 3 atom stereocenters. The largest absolute Gasteiger partial charge is 0.338 e. The molecule has 2 heterocycles. The number of Topliss-reactive ketones (excluding diaryl/α,β-unsaturated/α-hetero) is 1. The first-order chi connectivity index (χ1) is 16.4. The first-order valence-corrected chi connectivity index (χ1v) is 12.9. The van der Waals surface area contributed by atoms with Gasteiger partial charge in [0.1, 0.15) is 11.9 Å². The smallest absolute Gasteiger partial charge is 0.226 e. The summed E-state index contributed by atoms with van der Waals surface area (Å²) in [6.07, 6.45) is 7.64. The maximum Gasteiger partial charge on any atom is 0.226 e. The van der Waals surface area contributed by atoms with E-state index in [-0.39, 0.29) is 35.6 Å². The number of rotatable bonds is 8. The molecule has 2 fully saturated rings. The van der Waals surface area contributed by atoms with E-state index < -0.39 is 0 Å². The van der Waals surface area contributed by atoms with Gasteiger partial charge in [-0.1, -0.05) is 30.9 Å². The van der Waals surface area contributed by atoms with Gasteiger partial charge in [0, 0.05) is 29.3 Å². The fraction of sp³-hybridized carbons (Fsp3) is 0.615. The van der Waals surface area contributed by atoms with E-state index in [1.54, 1.807) is 19.2 Å². The van der Waals surface area contributed by atoms with Crippen LogP contribution < -0.4 is 5.32 Å². The minimum absolute atomic E-state index is 0.000683. The van der Waals surface area contributed by atoms with Crippen molar-refractivity contribution >= 4 is 34.2 Å². The van der Waals surface area contributed by atoms with Crippen LogP contribution in [0, 0.1) is 23.2 Å². The highest BCUT2D eigenvalue weighted by Gasteiger charge is 2.39. The molecule has 1 aromatic carbocycles. The van der Waals surface area contributed by atoms with Crippen molar-refractivity contribution < 1.29 is 9.59 Å². The van der Waals surface area contributed by atoms with Crippen molar-refractivity contribution in [1.29, 1.82) is 5.26 Å². The van der Waals surface area contributed by atoms with Crippen LogP contribution in [0.2, 0.25) is 5.02 Å². The SMILES string of the molecule is CN[C@@H](C)C(=O)CC(C(=O)N1CCC[C@H]1Cn1nc(C#N)c2cc(Cl)ccc21)C1CCCCC1. The first kappa shape index (κ1) is 24.7. The maximum atomic E-state index is 13.9. The standard InChI is InChI=1S/C26H34ClN5O2/c1-17(29-2)25(33)14-21(18-7-4-3-5-8-18)26(34)31-12-6-9-20(31)16-32-24-11-10-19(27)13-22(24)23(15-28)30-32/h10-11,13,17-18,20-21,29H,3-9,12,14,16H2,1-2H3/t17-,20-,21?/m0/s1. The molecule has 1 N–H and O–H groups in total. The fourth-order valence-corrected chi connectivity index (χ4v) is 5.82. The van der Waals surface area contributed by atoms with Crippen molar-refractivity contribution in [3.8, 4) is 6.07 Å². The number of ketones is 1. The van der Waals surface area contributed by atoms with Crippen molar-refractivity contribution in [3.05, 3.63) is 28.9 Å². The van der Waals surface area contributed by atoms with Crippen LogP contribution in [0.3, 0.4) is 0 Å². The van der Waals surface area contributed by atoms with Crippen LogP contribution in [0.25, 0.3) is 10.9 Å². The third kappa shape index (κ3) is 5.13. The summed E-state index contributed by atoms with van der Waals surface area (Å²) in [6, 6.07) is 7.36. The first-order valence-electron chi connectivity index (χ1n) is 12.5. The number of benzene rings is 1. The predicted octanol–water partition coefficient (Wildman–Crippen LogP) is 4.32. The number of hydrogen-bond acceptors (Lipinski definition) is 5. The Morgan fingerprint density at radius 3 is 2.71 bits per heavy atom. The van der Waals surface area contributed by atoms with Gasteiger partial charge in [-0.3, -0.25) is 14.3 Å². The Hall–Kier alpha value is -2.43. The number of likely N-dealkylation sites (N-methyl/N-ethyl adjacent to an activating group) is 1. The van der Waals surface area contributed by atoms with Crippen molar-refractivity contribution in [2.45, 2.75) is 76.9 Å². The van der Waals surface area contributed by atoms with Crippen LogP contribution >= 0.6 is 11.6 Å². The van der Waals surface area contributed by atoms with Gasteiger partial charge in [0.05, 0.1) is 24.1 Å². The summed E-state index contributed by atoms with van der Waals surface area (Å²) in [5.41, 5.74) is 1.20. The Labute approximate surface area is 206 Å². The van der Waals surface area contributed by atoms with E-state index in [2.05, 4.69) is 16.5 Å². The van der Waals surface area contributed by atoms with Gasteiger partial charge in [-0.05, 0) is 63.8 Å². The summed E-state index contributed by atoms with van der Waals surface area (Å²) < 4.78 is 1.84. The van der Waals surface area contributed by atoms with E-state index in [0.717, 1.165) is 49.4 Å². The van der Waals surface area contributed by atoms with Gasteiger partial charge in [0.25, 0.3) is 0 Å². The number of aromatic nitrogens is 2. The second kappa shape index (κ2) is 10.9. The Bertz CT molecular complexity index is 1080. The molecule has 1 saturated heterocycles. The monoisotopic (exact) mass is 483 g/mol. The minimum Gasteiger partial charge on any atom is -0.338 e. The molecule has 7 nitrogen and oxygen atoms in total. The molecule has 1 aliphatic carbocycles. The molecular weight excluding hydrogens is 450 g/mol. The van der Waals surface area contributed by atoms with Gasteiger partial charge in [-0.25, -0.2) is 0 Å². The molecule has 182 valence electrons. The number of nitrogens with zero attached hydrogens (tertiary/aromatic N) is 4. The molecule has 1 unspecified atom stereocenters. The second-order valence-electron chi connectivity index (χ2n) is 9.82. The maximum absolute atomic E-state index is 13.9. The lowest BCUT2D eigenvalue weighted by Crippen LogP contribution is -2.45. The molecule has 1 amide bonds. The highest BCUT2D eigenvalue weighted by molar-refractivity contribution is 6.31. The Morgan fingerprint density at radius 2 is 2.00 bits per heavy atom. The van der Waals surface area contributed by atoms with Gasteiger partial charge < -0.3 is 10.2 Å². The number of likely N-dealkylation sites (tertiary alicyclic amines) is 1. The van der Waals surface area contributed by atoms with E-state index in [0.29, 0.717) is 30.2 Å². The van der Waals surface area contributed by atoms with E-state index in [1.165, 1.54) is 6.42 Å². The summed E-state index contributed by atoms with van der Waals surface area (Å²) in [5, 5.41) is 18.4. The Kier molecular flexibility index (Phi) is 7.90. The predicted molar refractivity (Wildman–Crippen MR) is 132 cm³/mol. The Morgan fingerprint density at radius 1 is 1.24 bits per heavy atom. The molecule has 4 rings (SSSR count). The number of carbonyl (C=O) groups excluding carboxylic acids is 2. The van der Waals surface area contributed by atoms with Crippen LogP contribution in [0.4, 0.5) is 0 Å². The van der Waals surface area contributed by atoms with Gasteiger partial charge in [0.2, 0.25) is 5.91 Å². The van der Waals surface area contributed by atoms with E-state index in [9.17, 15) is 14.9 Å². The number of nitrogens with one attached hydrogen (secondary N) is 1. The summed E-state index contributed by atoms with van der Waals surface area (Å²) >= 11 is 6.14. The van der Waals surface area contributed by atoms with Gasteiger partial charge in [0.15, 0.2) is 5.69 Å². The number of fused-ring (bicyclic) bond motifs is 1. The highest BCUT2D eigenvalue weighted by Crippen LogP contribution is 2.35. The van der Waals surface area contributed by atoms with Crippen molar-refractivity contribution in [2.75, 3.05) is 13.6 Å². The van der Waals surface area contributed by atoms with Crippen molar-refractivity contribution in [2.24, 2.45) is 11.8 Å². The quantitative estimate of drug-likeness (QED) is 0.603. The van der Waals surface area contributed by atoms with Crippen LogP contribution in [-0.2, 0) is 16.1 Å². The molecule has 0 radical (unpaired) electrons. The molecule has 8 heteroatoms. The zero-order chi connectivity index (χ0) is 24.2. The lowest BCUT2D eigenvalue weighted by atomic mass is 9.76. The lowest BCUT2D eigenvalue weighted by Gasteiger charge is -2.35. The summed E-state index contributed by atoms with van der Waals surface area (Å²) in [4.78, 5) is 28.7.